The first-order valence-corrected chi connectivity index (χ1v) is 8.86. The minimum Gasteiger partial charge on any atom is -0.461 e. The maximum atomic E-state index is 5.30. The molecule has 26 heavy (non-hydrogen) atoms. The van der Waals surface area contributed by atoms with Crippen molar-refractivity contribution in [1.82, 2.24) is 25.8 Å². The number of nitrogens with zero attached hydrogens (tertiary/aromatic N) is 3. The first-order valence-electron chi connectivity index (χ1n) is 8.86. The molecule has 2 aromatic heterocycles. The molecular weight excluding hydrogens is 328 g/mol. The lowest BCUT2D eigenvalue weighted by Gasteiger charge is -2.11. The van der Waals surface area contributed by atoms with E-state index >= 15 is 0 Å². The van der Waals surface area contributed by atoms with Gasteiger partial charge in [0.25, 0.3) is 0 Å². The van der Waals surface area contributed by atoms with Crippen LogP contribution in [-0.2, 0) is 12.8 Å². The van der Waals surface area contributed by atoms with Crippen LogP contribution >= 0.6 is 0 Å². The summed E-state index contributed by atoms with van der Waals surface area (Å²) in [6.07, 6.45) is 3.25. The third kappa shape index (κ3) is 5.20. The molecule has 3 N–H and O–H groups in total. The molecule has 2 heterocycles. The molecule has 0 aliphatic rings. The lowest BCUT2D eigenvalue weighted by molar-refractivity contribution is 0.577. The van der Waals surface area contributed by atoms with E-state index in [-0.39, 0.29) is 0 Å². The van der Waals surface area contributed by atoms with Crippen molar-refractivity contribution in [3.05, 3.63) is 60.1 Å². The molecule has 0 unspecified atom stereocenters. The van der Waals surface area contributed by atoms with E-state index in [9.17, 15) is 0 Å². The van der Waals surface area contributed by atoms with E-state index in [1.807, 2.05) is 18.2 Å². The number of benzene rings is 1. The quantitative estimate of drug-likeness (QED) is 0.428. The fraction of sp³-hybridized carbons (Fsp3) is 0.316. The number of H-pyrrole nitrogens is 1. The molecule has 7 heteroatoms. The van der Waals surface area contributed by atoms with E-state index in [1.54, 1.807) is 6.26 Å². The van der Waals surface area contributed by atoms with Gasteiger partial charge in [0.1, 0.15) is 5.82 Å². The Balaban J connectivity index is 1.47. The predicted octanol–water partition coefficient (Wildman–Crippen LogP) is 2.41. The zero-order chi connectivity index (χ0) is 18.0. The Labute approximate surface area is 153 Å². The van der Waals surface area contributed by atoms with Crippen LogP contribution < -0.4 is 10.6 Å². The van der Waals surface area contributed by atoms with Crippen LogP contribution in [0.1, 0.15) is 18.3 Å². The summed E-state index contributed by atoms with van der Waals surface area (Å²) >= 11 is 0. The van der Waals surface area contributed by atoms with E-state index in [4.69, 9.17) is 4.42 Å². The van der Waals surface area contributed by atoms with E-state index in [1.165, 1.54) is 5.56 Å². The molecule has 7 nitrogen and oxygen atoms in total. The van der Waals surface area contributed by atoms with Crippen molar-refractivity contribution in [2.75, 3.05) is 19.6 Å². The van der Waals surface area contributed by atoms with E-state index in [0.29, 0.717) is 24.6 Å². The van der Waals surface area contributed by atoms with Gasteiger partial charge in [0.05, 0.1) is 6.26 Å². The lowest BCUT2D eigenvalue weighted by atomic mass is 10.1. The van der Waals surface area contributed by atoms with Crippen LogP contribution in [0.2, 0.25) is 0 Å². The Bertz CT molecular complexity index is 795. The zero-order valence-electron chi connectivity index (χ0n) is 14.9. The van der Waals surface area contributed by atoms with Crippen LogP contribution in [-0.4, -0.2) is 40.8 Å². The molecule has 0 aliphatic carbocycles. The van der Waals surface area contributed by atoms with Crippen molar-refractivity contribution in [3.8, 4) is 11.6 Å². The van der Waals surface area contributed by atoms with Gasteiger partial charge in [-0.25, -0.2) is 4.98 Å². The van der Waals surface area contributed by atoms with E-state index in [0.717, 1.165) is 31.3 Å². The van der Waals surface area contributed by atoms with Crippen LogP contribution in [0.3, 0.4) is 0 Å². The number of nitrogens with one attached hydrogen (secondary N) is 3. The number of rotatable bonds is 8. The fourth-order valence-corrected chi connectivity index (χ4v) is 2.51. The lowest BCUT2D eigenvalue weighted by Crippen LogP contribution is -2.38. The van der Waals surface area contributed by atoms with Crippen LogP contribution in [0.4, 0.5) is 0 Å². The van der Waals surface area contributed by atoms with Gasteiger partial charge < -0.3 is 15.1 Å². The molecule has 0 aliphatic heterocycles. The summed E-state index contributed by atoms with van der Waals surface area (Å²) in [6.45, 7) is 4.33. The van der Waals surface area contributed by atoms with Gasteiger partial charge in [-0.15, -0.1) is 0 Å². The van der Waals surface area contributed by atoms with Gasteiger partial charge in [0, 0.05) is 26.1 Å². The van der Waals surface area contributed by atoms with Gasteiger partial charge in [-0.05, 0) is 31.0 Å². The van der Waals surface area contributed by atoms with Crippen molar-refractivity contribution in [3.63, 3.8) is 0 Å². The van der Waals surface area contributed by atoms with Crippen molar-refractivity contribution >= 4 is 5.96 Å². The molecule has 0 spiro atoms. The van der Waals surface area contributed by atoms with Crippen molar-refractivity contribution in [2.45, 2.75) is 19.8 Å². The Morgan fingerprint density at radius 3 is 2.77 bits per heavy atom. The first kappa shape index (κ1) is 17.7. The predicted molar refractivity (Wildman–Crippen MR) is 102 cm³/mol. The number of aromatic amines is 1. The van der Waals surface area contributed by atoms with Gasteiger partial charge in [0.15, 0.2) is 11.7 Å². The number of furan rings is 1. The van der Waals surface area contributed by atoms with Gasteiger partial charge in [-0.3, -0.25) is 10.1 Å². The summed E-state index contributed by atoms with van der Waals surface area (Å²) in [6, 6.07) is 14.1. The van der Waals surface area contributed by atoms with Crippen LogP contribution in [0, 0.1) is 0 Å². The highest BCUT2D eigenvalue weighted by Gasteiger charge is 2.07. The molecular formula is C19H24N6O. The number of aromatic nitrogens is 3. The van der Waals surface area contributed by atoms with Gasteiger partial charge in [-0.1, -0.05) is 30.3 Å². The van der Waals surface area contributed by atoms with Crippen LogP contribution in [0.5, 0.6) is 0 Å². The van der Waals surface area contributed by atoms with Gasteiger partial charge in [-0.2, -0.15) is 5.10 Å². The fourth-order valence-electron chi connectivity index (χ4n) is 2.51. The average molecular weight is 352 g/mol. The summed E-state index contributed by atoms with van der Waals surface area (Å²) < 4.78 is 5.30. The molecule has 0 amide bonds. The second-order valence-corrected chi connectivity index (χ2v) is 5.76. The molecule has 0 saturated heterocycles. The maximum absolute atomic E-state index is 5.30. The largest absolute Gasteiger partial charge is 0.461 e. The summed E-state index contributed by atoms with van der Waals surface area (Å²) in [7, 11) is 0. The highest BCUT2D eigenvalue weighted by molar-refractivity contribution is 5.79. The number of aliphatic imine (C=N–C) groups is 1. The normalized spacial score (nSPS) is 11.5. The standard InChI is InChI=1S/C19H24N6O/c1-2-20-19(21-12-10-15-7-4-3-5-8-15)22-13-11-17-23-18(25-24-17)16-9-6-14-26-16/h3-9,14H,2,10-13H2,1H3,(H2,20,21,22)(H,23,24,25). The smallest absolute Gasteiger partial charge is 0.216 e. The van der Waals surface area contributed by atoms with Crippen molar-refractivity contribution in [1.29, 1.82) is 0 Å². The molecule has 0 bridgehead atoms. The van der Waals surface area contributed by atoms with Gasteiger partial charge in [0.2, 0.25) is 5.82 Å². The Kier molecular flexibility index (Phi) is 6.41. The monoisotopic (exact) mass is 352 g/mol. The molecule has 3 rings (SSSR count). The Morgan fingerprint density at radius 1 is 1.12 bits per heavy atom. The molecule has 0 radical (unpaired) electrons. The molecule has 0 saturated carbocycles. The maximum Gasteiger partial charge on any atom is 0.216 e. The Morgan fingerprint density at radius 2 is 2.00 bits per heavy atom. The molecule has 0 fully saturated rings. The minimum atomic E-state index is 0.571. The topological polar surface area (TPSA) is 91.1 Å². The second kappa shape index (κ2) is 9.41. The molecule has 0 atom stereocenters. The van der Waals surface area contributed by atoms with Gasteiger partial charge >= 0.3 is 0 Å². The Hall–Kier alpha value is -3.09. The average Bonchev–Trinajstić information content (AvgIpc) is 3.34. The van der Waals surface area contributed by atoms with E-state index in [2.05, 4.69) is 62.0 Å². The highest BCUT2D eigenvalue weighted by atomic mass is 16.3. The van der Waals surface area contributed by atoms with Crippen molar-refractivity contribution < 1.29 is 4.42 Å². The van der Waals surface area contributed by atoms with Crippen LogP contribution in [0.15, 0.2) is 58.1 Å². The molecule has 3 aromatic rings. The third-order valence-corrected chi connectivity index (χ3v) is 3.78. The summed E-state index contributed by atoms with van der Waals surface area (Å²) in [4.78, 5) is 9.02. The summed E-state index contributed by atoms with van der Waals surface area (Å²) in [5.41, 5.74) is 1.31. The first-order chi connectivity index (χ1) is 12.8. The highest BCUT2D eigenvalue weighted by Crippen LogP contribution is 2.14. The minimum absolute atomic E-state index is 0.571. The van der Waals surface area contributed by atoms with E-state index < -0.39 is 0 Å². The number of hydrogen-bond acceptors (Lipinski definition) is 4. The third-order valence-electron chi connectivity index (χ3n) is 3.78. The van der Waals surface area contributed by atoms with Crippen molar-refractivity contribution in [2.24, 2.45) is 4.99 Å². The molecule has 136 valence electrons. The number of hydrogen-bond donors (Lipinski definition) is 3. The number of guanidine groups is 1. The summed E-state index contributed by atoms with van der Waals surface area (Å²) in [5.74, 6) is 2.84. The zero-order valence-corrected chi connectivity index (χ0v) is 14.9. The SMILES string of the molecule is CCNC(=NCCc1nc(-c2ccco2)n[nH]1)NCCc1ccccc1. The second-order valence-electron chi connectivity index (χ2n) is 5.76. The summed E-state index contributed by atoms with van der Waals surface area (Å²) in [5, 5.41) is 13.7. The molecule has 1 aromatic carbocycles. The van der Waals surface area contributed by atoms with Crippen LogP contribution in [0.25, 0.3) is 11.6 Å².